The van der Waals surface area contributed by atoms with Crippen molar-refractivity contribution in [3.8, 4) is 0 Å². The van der Waals surface area contributed by atoms with Crippen molar-refractivity contribution in [1.29, 1.82) is 0 Å². The molecule has 0 unspecified atom stereocenters. The summed E-state index contributed by atoms with van der Waals surface area (Å²) in [5.41, 5.74) is 5.19. The molecule has 1 amide bonds. The van der Waals surface area contributed by atoms with Gasteiger partial charge in [-0.1, -0.05) is 6.92 Å². The van der Waals surface area contributed by atoms with Crippen molar-refractivity contribution in [3.05, 3.63) is 0 Å². The molecule has 0 saturated carbocycles. The van der Waals surface area contributed by atoms with E-state index >= 15 is 0 Å². The lowest BCUT2D eigenvalue weighted by molar-refractivity contribution is -0.142. The van der Waals surface area contributed by atoms with Crippen LogP contribution >= 0.6 is 0 Å². The van der Waals surface area contributed by atoms with Gasteiger partial charge in [0.15, 0.2) is 0 Å². The van der Waals surface area contributed by atoms with E-state index in [-0.39, 0.29) is 19.3 Å². The highest BCUT2D eigenvalue weighted by Gasteiger charge is 2.19. The third kappa shape index (κ3) is 5.30. The Labute approximate surface area is 92.6 Å². The van der Waals surface area contributed by atoms with Gasteiger partial charge in [0.2, 0.25) is 5.91 Å². The first-order valence-electron chi connectivity index (χ1n) is 4.89. The number of amides is 1. The zero-order valence-corrected chi connectivity index (χ0v) is 8.97. The Morgan fingerprint density at radius 1 is 1.25 bits per heavy atom. The Bertz CT molecular complexity index is 279. The summed E-state index contributed by atoms with van der Waals surface area (Å²) in [6.45, 7) is 1.63. The van der Waals surface area contributed by atoms with E-state index in [1.54, 1.807) is 6.92 Å². The topological polar surface area (TPSA) is 130 Å². The fraction of sp³-hybridized carbons (Fsp3) is 0.667. The molecule has 16 heavy (non-hydrogen) atoms. The minimum absolute atomic E-state index is 0.0166. The summed E-state index contributed by atoms with van der Waals surface area (Å²) < 4.78 is 0. The number of hydrogen-bond donors (Lipinski definition) is 4. The first kappa shape index (κ1) is 14.4. The van der Waals surface area contributed by atoms with E-state index < -0.39 is 29.9 Å². The minimum atomic E-state index is -1.18. The van der Waals surface area contributed by atoms with Gasteiger partial charge in [-0.2, -0.15) is 0 Å². The summed E-state index contributed by atoms with van der Waals surface area (Å²) in [5.74, 6) is -2.80. The number of rotatable bonds is 7. The number of carboxylic acids is 2. The Morgan fingerprint density at radius 3 is 2.19 bits per heavy atom. The predicted molar refractivity (Wildman–Crippen MR) is 54.7 cm³/mol. The molecular formula is C9H16N2O5. The average Bonchev–Trinajstić information content (AvgIpc) is 2.21. The second-order valence-electron chi connectivity index (χ2n) is 3.35. The molecule has 0 radical (unpaired) electrons. The largest absolute Gasteiger partial charge is 0.480 e. The standard InChI is InChI=1S/C9H16N2O5/c1-2-6(9(15)16)11-7(12)4-3-5(10)8(13)14/h5-6H,2-4,10H2,1H3,(H,11,12)(H,13,14)(H,15,16)/t5-,6+/m0/s1. The van der Waals surface area contributed by atoms with Crippen molar-refractivity contribution in [2.75, 3.05) is 0 Å². The fourth-order valence-electron chi connectivity index (χ4n) is 1.01. The normalized spacial score (nSPS) is 13.9. The summed E-state index contributed by atoms with van der Waals surface area (Å²) in [6.07, 6.45) is 0.153. The summed E-state index contributed by atoms with van der Waals surface area (Å²) in [6, 6.07) is -2.04. The van der Waals surface area contributed by atoms with Crippen molar-refractivity contribution in [1.82, 2.24) is 5.32 Å². The maximum Gasteiger partial charge on any atom is 0.326 e. The Kier molecular flexibility index (Phi) is 6.09. The summed E-state index contributed by atoms with van der Waals surface area (Å²) >= 11 is 0. The van der Waals surface area contributed by atoms with Crippen LogP contribution in [0.1, 0.15) is 26.2 Å². The number of carboxylic acid groups (broad SMARTS) is 2. The van der Waals surface area contributed by atoms with Crippen molar-refractivity contribution < 1.29 is 24.6 Å². The molecule has 0 spiro atoms. The molecule has 0 aromatic carbocycles. The van der Waals surface area contributed by atoms with Crippen molar-refractivity contribution >= 4 is 17.8 Å². The number of aliphatic carboxylic acids is 2. The van der Waals surface area contributed by atoms with Crippen LogP contribution in [0.2, 0.25) is 0 Å². The third-order valence-electron chi connectivity index (χ3n) is 2.04. The van der Waals surface area contributed by atoms with E-state index in [2.05, 4.69) is 5.32 Å². The van der Waals surface area contributed by atoms with Crippen LogP contribution in [-0.4, -0.2) is 40.1 Å². The molecular weight excluding hydrogens is 216 g/mol. The smallest absolute Gasteiger partial charge is 0.326 e. The highest BCUT2D eigenvalue weighted by molar-refractivity contribution is 5.84. The molecule has 0 aliphatic heterocycles. The Hall–Kier alpha value is -1.63. The first-order valence-corrected chi connectivity index (χ1v) is 4.89. The second-order valence-corrected chi connectivity index (χ2v) is 3.35. The van der Waals surface area contributed by atoms with Crippen LogP contribution in [0.25, 0.3) is 0 Å². The van der Waals surface area contributed by atoms with Crippen LogP contribution < -0.4 is 11.1 Å². The molecule has 0 bridgehead atoms. The van der Waals surface area contributed by atoms with E-state index in [9.17, 15) is 14.4 Å². The fourth-order valence-corrected chi connectivity index (χ4v) is 1.01. The molecule has 0 aromatic heterocycles. The Balaban J connectivity index is 3.99. The number of carbonyl (C=O) groups is 3. The molecule has 5 N–H and O–H groups in total. The molecule has 2 atom stereocenters. The van der Waals surface area contributed by atoms with Crippen LogP contribution in [0.15, 0.2) is 0 Å². The van der Waals surface area contributed by atoms with Crippen LogP contribution in [-0.2, 0) is 14.4 Å². The summed E-state index contributed by atoms with van der Waals surface area (Å²) in [5, 5.41) is 19.4. The van der Waals surface area contributed by atoms with Crippen molar-refractivity contribution in [2.24, 2.45) is 5.73 Å². The van der Waals surface area contributed by atoms with Gasteiger partial charge in [0.1, 0.15) is 12.1 Å². The number of hydrogen-bond acceptors (Lipinski definition) is 4. The molecule has 0 rings (SSSR count). The lowest BCUT2D eigenvalue weighted by Gasteiger charge is -2.12. The minimum Gasteiger partial charge on any atom is -0.480 e. The van der Waals surface area contributed by atoms with E-state index in [0.29, 0.717) is 0 Å². The van der Waals surface area contributed by atoms with Gasteiger partial charge in [0.25, 0.3) is 0 Å². The van der Waals surface area contributed by atoms with Crippen LogP contribution in [0, 0.1) is 0 Å². The Morgan fingerprint density at radius 2 is 1.81 bits per heavy atom. The summed E-state index contributed by atoms with van der Waals surface area (Å²) in [7, 11) is 0. The van der Waals surface area contributed by atoms with Crippen LogP contribution in [0.4, 0.5) is 0 Å². The maximum atomic E-state index is 11.2. The van der Waals surface area contributed by atoms with Gasteiger partial charge in [-0.15, -0.1) is 0 Å². The lowest BCUT2D eigenvalue weighted by atomic mass is 10.1. The quantitative estimate of drug-likeness (QED) is 0.452. The van der Waals surface area contributed by atoms with E-state index in [1.807, 2.05) is 0 Å². The molecule has 0 aliphatic rings. The SMILES string of the molecule is CC[C@@H](NC(=O)CC[C@H](N)C(=O)O)C(=O)O. The van der Waals surface area contributed by atoms with E-state index in [1.165, 1.54) is 0 Å². The van der Waals surface area contributed by atoms with Crippen molar-refractivity contribution in [3.63, 3.8) is 0 Å². The molecule has 7 nitrogen and oxygen atoms in total. The highest BCUT2D eigenvalue weighted by Crippen LogP contribution is 1.97. The lowest BCUT2D eigenvalue weighted by Crippen LogP contribution is -2.41. The average molecular weight is 232 g/mol. The number of carbonyl (C=O) groups excluding carboxylic acids is 1. The van der Waals surface area contributed by atoms with E-state index in [0.717, 1.165) is 0 Å². The second kappa shape index (κ2) is 6.78. The molecule has 0 heterocycles. The monoisotopic (exact) mass is 232 g/mol. The van der Waals surface area contributed by atoms with Gasteiger partial charge < -0.3 is 21.3 Å². The number of nitrogens with one attached hydrogen (secondary N) is 1. The van der Waals surface area contributed by atoms with Gasteiger partial charge in [-0.25, -0.2) is 4.79 Å². The van der Waals surface area contributed by atoms with Crippen LogP contribution in [0.3, 0.4) is 0 Å². The maximum absolute atomic E-state index is 11.2. The molecule has 0 aliphatic carbocycles. The first-order chi connectivity index (χ1) is 7.38. The van der Waals surface area contributed by atoms with E-state index in [4.69, 9.17) is 15.9 Å². The zero-order chi connectivity index (χ0) is 12.7. The van der Waals surface area contributed by atoms with Crippen LogP contribution in [0.5, 0.6) is 0 Å². The summed E-state index contributed by atoms with van der Waals surface area (Å²) in [4.78, 5) is 32.1. The van der Waals surface area contributed by atoms with Gasteiger partial charge in [0, 0.05) is 6.42 Å². The molecule has 0 aromatic rings. The molecule has 7 heteroatoms. The third-order valence-corrected chi connectivity index (χ3v) is 2.04. The predicted octanol–water partition coefficient (Wildman–Crippen LogP) is -0.842. The van der Waals surface area contributed by atoms with Gasteiger partial charge in [-0.05, 0) is 12.8 Å². The highest BCUT2D eigenvalue weighted by atomic mass is 16.4. The van der Waals surface area contributed by atoms with Gasteiger partial charge >= 0.3 is 11.9 Å². The van der Waals surface area contributed by atoms with Gasteiger partial charge in [0.05, 0.1) is 0 Å². The number of nitrogens with two attached hydrogens (primary N) is 1. The van der Waals surface area contributed by atoms with Gasteiger partial charge in [-0.3, -0.25) is 9.59 Å². The van der Waals surface area contributed by atoms with Crippen molar-refractivity contribution in [2.45, 2.75) is 38.3 Å². The zero-order valence-electron chi connectivity index (χ0n) is 8.97. The molecule has 0 fully saturated rings. The molecule has 92 valence electrons. The molecule has 0 saturated heterocycles.